The fourth-order valence-corrected chi connectivity index (χ4v) is 1.45. The number of rotatable bonds is 3. The van der Waals surface area contributed by atoms with Gasteiger partial charge in [0, 0.05) is 6.20 Å². The van der Waals surface area contributed by atoms with Gasteiger partial charge in [-0.3, -0.25) is 4.98 Å². The van der Waals surface area contributed by atoms with Crippen molar-refractivity contribution in [3.05, 3.63) is 35.9 Å². The summed E-state index contributed by atoms with van der Waals surface area (Å²) in [5.74, 6) is 0. The van der Waals surface area contributed by atoms with Gasteiger partial charge < -0.3 is 5.73 Å². The van der Waals surface area contributed by atoms with Crippen molar-refractivity contribution in [3.63, 3.8) is 0 Å². The van der Waals surface area contributed by atoms with E-state index in [-0.39, 0.29) is 6.04 Å². The number of nitrogens with zero attached hydrogens (tertiary/aromatic N) is 4. The van der Waals surface area contributed by atoms with E-state index in [1.165, 1.54) is 0 Å². The molecule has 0 radical (unpaired) electrons. The van der Waals surface area contributed by atoms with Gasteiger partial charge in [0.25, 0.3) is 0 Å². The predicted molar refractivity (Wildman–Crippen MR) is 61.1 cm³/mol. The zero-order valence-corrected chi connectivity index (χ0v) is 9.46. The Morgan fingerprint density at radius 3 is 2.94 bits per heavy atom. The molecule has 2 aromatic heterocycles. The third kappa shape index (κ3) is 2.09. The Hall–Kier alpha value is -1.75. The van der Waals surface area contributed by atoms with Gasteiger partial charge in [0.05, 0.1) is 29.8 Å². The average molecular weight is 217 g/mol. The van der Waals surface area contributed by atoms with Crippen molar-refractivity contribution in [2.75, 3.05) is 0 Å². The van der Waals surface area contributed by atoms with Crippen molar-refractivity contribution in [2.45, 2.75) is 26.3 Å². The first kappa shape index (κ1) is 10.8. The van der Waals surface area contributed by atoms with Gasteiger partial charge in [0.1, 0.15) is 0 Å². The summed E-state index contributed by atoms with van der Waals surface area (Å²) >= 11 is 0. The Balaban J connectivity index is 2.31. The Labute approximate surface area is 94.3 Å². The Morgan fingerprint density at radius 2 is 2.25 bits per heavy atom. The molecule has 0 spiro atoms. The van der Waals surface area contributed by atoms with E-state index in [4.69, 9.17) is 5.73 Å². The summed E-state index contributed by atoms with van der Waals surface area (Å²) in [6.07, 6.45) is 6.26. The van der Waals surface area contributed by atoms with E-state index in [2.05, 4.69) is 15.3 Å². The SMILES string of the molecule is CCC(N)c1cn(-c2cncc(C)c2)nn1. The molecule has 0 saturated heterocycles. The van der Waals surface area contributed by atoms with Crippen LogP contribution in [0.1, 0.15) is 30.6 Å². The van der Waals surface area contributed by atoms with Crippen LogP contribution in [0.2, 0.25) is 0 Å². The van der Waals surface area contributed by atoms with Crippen LogP contribution in [0.4, 0.5) is 0 Å². The second-order valence-electron chi connectivity index (χ2n) is 3.82. The number of pyridine rings is 1. The van der Waals surface area contributed by atoms with Crippen molar-refractivity contribution < 1.29 is 0 Å². The second kappa shape index (κ2) is 4.40. The Morgan fingerprint density at radius 1 is 1.44 bits per heavy atom. The minimum Gasteiger partial charge on any atom is -0.323 e. The molecule has 16 heavy (non-hydrogen) atoms. The fourth-order valence-electron chi connectivity index (χ4n) is 1.45. The van der Waals surface area contributed by atoms with Crippen molar-refractivity contribution in [1.29, 1.82) is 0 Å². The molecule has 1 unspecified atom stereocenters. The molecular formula is C11H15N5. The normalized spacial score (nSPS) is 12.7. The fraction of sp³-hybridized carbons (Fsp3) is 0.364. The molecule has 0 saturated carbocycles. The lowest BCUT2D eigenvalue weighted by Crippen LogP contribution is -2.08. The van der Waals surface area contributed by atoms with Gasteiger partial charge in [-0.15, -0.1) is 5.10 Å². The molecule has 5 nitrogen and oxygen atoms in total. The molecule has 2 N–H and O–H groups in total. The standard InChI is InChI=1S/C11H15N5/c1-3-10(12)11-7-16(15-14-11)9-4-8(2)5-13-6-9/h4-7,10H,3,12H2,1-2H3. The van der Waals surface area contributed by atoms with Crippen LogP contribution in [-0.4, -0.2) is 20.0 Å². The highest BCUT2D eigenvalue weighted by Crippen LogP contribution is 2.12. The highest BCUT2D eigenvalue weighted by Gasteiger charge is 2.09. The summed E-state index contributed by atoms with van der Waals surface area (Å²) in [4.78, 5) is 4.12. The summed E-state index contributed by atoms with van der Waals surface area (Å²) in [7, 11) is 0. The maximum atomic E-state index is 5.88. The molecule has 1 atom stereocenters. The Kier molecular flexibility index (Phi) is 2.96. The lowest BCUT2D eigenvalue weighted by atomic mass is 10.2. The molecule has 0 aromatic carbocycles. The number of nitrogens with two attached hydrogens (primary N) is 1. The van der Waals surface area contributed by atoms with Crippen LogP contribution in [0, 0.1) is 6.92 Å². The van der Waals surface area contributed by atoms with Crippen LogP contribution >= 0.6 is 0 Å². The zero-order chi connectivity index (χ0) is 11.5. The highest BCUT2D eigenvalue weighted by molar-refractivity contribution is 5.30. The largest absolute Gasteiger partial charge is 0.323 e. The van der Waals surface area contributed by atoms with Gasteiger partial charge in [-0.05, 0) is 25.0 Å². The molecule has 5 heteroatoms. The quantitative estimate of drug-likeness (QED) is 0.843. The first-order valence-electron chi connectivity index (χ1n) is 5.30. The van der Waals surface area contributed by atoms with E-state index >= 15 is 0 Å². The summed E-state index contributed by atoms with van der Waals surface area (Å²) in [6.45, 7) is 4.02. The lowest BCUT2D eigenvalue weighted by Gasteiger charge is -2.02. The maximum Gasteiger partial charge on any atom is 0.0998 e. The predicted octanol–water partition coefficient (Wildman–Crippen LogP) is 1.38. The van der Waals surface area contributed by atoms with Crippen LogP contribution in [0.3, 0.4) is 0 Å². The monoisotopic (exact) mass is 217 g/mol. The van der Waals surface area contributed by atoms with Crippen LogP contribution in [0.5, 0.6) is 0 Å². The maximum absolute atomic E-state index is 5.88. The number of aromatic nitrogens is 4. The molecule has 2 heterocycles. The molecule has 84 valence electrons. The zero-order valence-electron chi connectivity index (χ0n) is 9.46. The van der Waals surface area contributed by atoms with Gasteiger partial charge in [-0.2, -0.15) is 0 Å². The molecular weight excluding hydrogens is 202 g/mol. The molecule has 0 fully saturated rings. The molecule has 0 aliphatic heterocycles. The number of hydrogen-bond donors (Lipinski definition) is 1. The summed E-state index contributed by atoms with van der Waals surface area (Å²) in [5, 5.41) is 8.10. The summed E-state index contributed by atoms with van der Waals surface area (Å²) in [6, 6.07) is 1.95. The van der Waals surface area contributed by atoms with E-state index in [0.717, 1.165) is 23.4 Å². The number of hydrogen-bond acceptors (Lipinski definition) is 4. The van der Waals surface area contributed by atoms with Crippen molar-refractivity contribution in [3.8, 4) is 5.69 Å². The van der Waals surface area contributed by atoms with E-state index in [1.807, 2.05) is 26.1 Å². The smallest absolute Gasteiger partial charge is 0.0998 e. The molecule has 0 amide bonds. The number of aryl methyl sites for hydroxylation is 1. The second-order valence-corrected chi connectivity index (χ2v) is 3.82. The minimum absolute atomic E-state index is 0.0495. The van der Waals surface area contributed by atoms with Crippen LogP contribution in [-0.2, 0) is 0 Å². The summed E-state index contributed by atoms with van der Waals surface area (Å²) in [5.41, 5.74) is 8.69. The molecule has 0 aliphatic carbocycles. The third-order valence-corrected chi connectivity index (χ3v) is 2.46. The highest BCUT2D eigenvalue weighted by atomic mass is 15.4. The van der Waals surface area contributed by atoms with Gasteiger partial charge in [-0.1, -0.05) is 12.1 Å². The molecule has 2 rings (SSSR count). The van der Waals surface area contributed by atoms with Gasteiger partial charge in [0.15, 0.2) is 0 Å². The van der Waals surface area contributed by atoms with Crippen molar-refractivity contribution in [2.24, 2.45) is 5.73 Å². The molecule has 2 aromatic rings. The van der Waals surface area contributed by atoms with Gasteiger partial charge >= 0.3 is 0 Å². The first-order valence-corrected chi connectivity index (χ1v) is 5.30. The average Bonchev–Trinajstić information content (AvgIpc) is 2.77. The van der Waals surface area contributed by atoms with E-state index in [1.54, 1.807) is 17.1 Å². The third-order valence-electron chi connectivity index (χ3n) is 2.46. The van der Waals surface area contributed by atoms with Crippen molar-refractivity contribution >= 4 is 0 Å². The van der Waals surface area contributed by atoms with Gasteiger partial charge in [-0.25, -0.2) is 4.68 Å². The molecule has 0 aliphatic rings. The van der Waals surface area contributed by atoms with Gasteiger partial charge in [0.2, 0.25) is 0 Å². The van der Waals surface area contributed by atoms with E-state index in [0.29, 0.717) is 0 Å². The van der Waals surface area contributed by atoms with Crippen LogP contribution < -0.4 is 5.73 Å². The van der Waals surface area contributed by atoms with Crippen molar-refractivity contribution in [1.82, 2.24) is 20.0 Å². The topological polar surface area (TPSA) is 69.6 Å². The minimum atomic E-state index is -0.0495. The van der Waals surface area contributed by atoms with E-state index < -0.39 is 0 Å². The Bertz CT molecular complexity index is 477. The van der Waals surface area contributed by atoms with E-state index in [9.17, 15) is 0 Å². The summed E-state index contributed by atoms with van der Waals surface area (Å²) < 4.78 is 1.70. The van der Waals surface area contributed by atoms with Crippen LogP contribution in [0.15, 0.2) is 24.7 Å². The lowest BCUT2D eigenvalue weighted by molar-refractivity contribution is 0.670. The first-order chi connectivity index (χ1) is 7.70. The van der Waals surface area contributed by atoms with Crippen LogP contribution in [0.25, 0.3) is 5.69 Å². The molecule has 0 bridgehead atoms.